The summed E-state index contributed by atoms with van der Waals surface area (Å²) in [4.78, 5) is 11.3. The van der Waals surface area contributed by atoms with Gasteiger partial charge in [-0.2, -0.15) is 0 Å². The number of aliphatic hydroxyl groups is 1. The van der Waals surface area contributed by atoms with Crippen LogP contribution in [0.2, 0.25) is 0 Å². The van der Waals surface area contributed by atoms with Crippen LogP contribution in [0.4, 0.5) is 0 Å². The van der Waals surface area contributed by atoms with E-state index >= 15 is 0 Å². The summed E-state index contributed by atoms with van der Waals surface area (Å²) < 4.78 is 42.7. The monoisotopic (exact) mass is 483 g/mol. The minimum absolute atomic E-state index is 0.0413. The van der Waals surface area contributed by atoms with E-state index in [1.165, 1.54) is 25.3 Å². The summed E-state index contributed by atoms with van der Waals surface area (Å²) in [6.45, 7) is 9.27. The second kappa shape index (κ2) is 10.2. The molecule has 0 saturated heterocycles. The number of cyclic esters (lactones) is 1. The van der Waals surface area contributed by atoms with Gasteiger partial charge in [-0.05, 0) is 86.4 Å². The first-order valence-electron chi connectivity index (χ1n) is 12.2. The molecule has 1 saturated carbocycles. The van der Waals surface area contributed by atoms with E-state index in [2.05, 4.69) is 38.0 Å². The minimum atomic E-state index is -4.76. The molecule has 0 spiro atoms. The molecule has 7 nitrogen and oxygen atoms in total. The van der Waals surface area contributed by atoms with Crippen molar-refractivity contribution in [3.05, 3.63) is 23.3 Å². The minimum Gasteiger partial charge on any atom is -0.726 e. The molecule has 0 aromatic rings. The summed E-state index contributed by atoms with van der Waals surface area (Å²) in [5.74, 6) is 0.455. The number of esters is 1. The Morgan fingerprint density at radius 1 is 1.27 bits per heavy atom. The average molecular weight is 484 g/mol. The zero-order valence-electron chi connectivity index (χ0n) is 20.3. The third-order valence-corrected chi connectivity index (χ3v) is 8.98. The van der Waals surface area contributed by atoms with Gasteiger partial charge in [-0.1, -0.05) is 39.3 Å². The van der Waals surface area contributed by atoms with Gasteiger partial charge in [-0.3, -0.25) is 4.18 Å². The van der Waals surface area contributed by atoms with Crippen molar-refractivity contribution in [2.75, 3.05) is 6.61 Å². The Morgan fingerprint density at radius 2 is 2.00 bits per heavy atom. The van der Waals surface area contributed by atoms with Crippen LogP contribution >= 0.6 is 0 Å². The maximum absolute atomic E-state index is 11.3. The largest absolute Gasteiger partial charge is 0.726 e. The van der Waals surface area contributed by atoms with E-state index in [1.54, 1.807) is 5.57 Å². The molecule has 2 aliphatic carbocycles. The van der Waals surface area contributed by atoms with Crippen molar-refractivity contribution in [2.24, 2.45) is 28.6 Å². The highest BCUT2D eigenvalue weighted by atomic mass is 32.3. The van der Waals surface area contributed by atoms with Crippen molar-refractivity contribution in [1.29, 1.82) is 0 Å². The third kappa shape index (κ3) is 6.47. The summed E-state index contributed by atoms with van der Waals surface area (Å²) in [5, 5.41) is 9.76. The van der Waals surface area contributed by atoms with E-state index in [1.807, 2.05) is 0 Å². The Labute approximate surface area is 198 Å². The van der Waals surface area contributed by atoms with Crippen molar-refractivity contribution in [1.82, 2.24) is 0 Å². The number of allylic oxidation sites excluding steroid dienone is 2. The highest BCUT2D eigenvalue weighted by Gasteiger charge is 2.47. The molecule has 5 atom stereocenters. The van der Waals surface area contributed by atoms with Crippen molar-refractivity contribution < 1.29 is 31.8 Å². The summed E-state index contributed by atoms with van der Waals surface area (Å²) in [7, 11) is -4.76. The number of hydrogen-bond acceptors (Lipinski definition) is 7. The Balaban J connectivity index is 1.67. The molecule has 3 rings (SSSR count). The van der Waals surface area contributed by atoms with Crippen LogP contribution in [0.1, 0.15) is 85.5 Å². The Bertz CT molecular complexity index is 888. The van der Waals surface area contributed by atoms with Crippen molar-refractivity contribution in [3.63, 3.8) is 0 Å². The summed E-state index contributed by atoms with van der Waals surface area (Å²) in [5.41, 5.74) is 2.42. The fourth-order valence-corrected chi connectivity index (χ4v) is 6.51. The van der Waals surface area contributed by atoms with Crippen LogP contribution in [0.15, 0.2) is 23.3 Å². The lowest BCUT2D eigenvalue weighted by molar-refractivity contribution is -0.151. The van der Waals surface area contributed by atoms with Crippen LogP contribution in [0, 0.1) is 28.6 Å². The molecule has 1 aliphatic heterocycles. The van der Waals surface area contributed by atoms with Crippen LogP contribution in [-0.2, 0) is 24.1 Å². The number of ether oxygens (including phenoxy) is 1. The first-order valence-corrected chi connectivity index (χ1v) is 13.5. The fourth-order valence-electron chi connectivity index (χ4n) is 6.15. The van der Waals surface area contributed by atoms with E-state index in [-0.39, 0.29) is 17.9 Å². The highest BCUT2D eigenvalue weighted by Crippen LogP contribution is 2.58. The highest BCUT2D eigenvalue weighted by molar-refractivity contribution is 7.80. The molecule has 0 amide bonds. The van der Waals surface area contributed by atoms with Crippen LogP contribution in [0.5, 0.6) is 0 Å². The first kappa shape index (κ1) is 26.4. The molecule has 8 heteroatoms. The molecule has 2 unspecified atom stereocenters. The Hall–Kier alpha value is -1.22. The molecule has 1 N–H and O–H groups in total. The number of carbonyl (C=O) groups excluding carboxylic acids is 1. The number of fused-ring (bicyclic) bond motifs is 1. The third-order valence-electron chi connectivity index (χ3n) is 8.55. The number of carbonyl (C=O) groups is 1. The maximum Gasteiger partial charge on any atom is 0.333 e. The van der Waals surface area contributed by atoms with Crippen molar-refractivity contribution in [3.8, 4) is 0 Å². The van der Waals surface area contributed by atoms with Gasteiger partial charge in [0.2, 0.25) is 16.7 Å². The SMILES string of the molecule is C[C@H]1CC[C@H]2C(=CCCC2(C)C)[C@@]1(C)CCC(CCCC1=CC(=O)OC1O)COS(=O)(=O)[O-]. The average Bonchev–Trinajstić information content (AvgIpc) is 3.03. The van der Waals surface area contributed by atoms with Gasteiger partial charge in [0.25, 0.3) is 0 Å². The summed E-state index contributed by atoms with van der Waals surface area (Å²) in [6.07, 6.45) is 10.7. The summed E-state index contributed by atoms with van der Waals surface area (Å²) >= 11 is 0. The summed E-state index contributed by atoms with van der Waals surface area (Å²) in [6, 6.07) is 0. The Kier molecular flexibility index (Phi) is 8.14. The van der Waals surface area contributed by atoms with Crippen LogP contribution in [-0.4, -0.2) is 36.9 Å². The predicted molar refractivity (Wildman–Crippen MR) is 123 cm³/mol. The molecule has 0 radical (unpaired) electrons. The molecule has 1 fully saturated rings. The Morgan fingerprint density at radius 3 is 2.64 bits per heavy atom. The molecular formula is C25H39O7S-. The van der Waals surface area contributed by atoms with Gasteiger partial charge in [0, 0.05) is 11.6 Å². The van der Waals surface area contributed by atoms with Gasteiger partial charge in [0.1, 0.15) is 0 Å². The van der Waals surface area contributed by atoms with E-state index < -0.39 is 22.7 Å². The lowest BCUT2D eigenvalue weighted by atomic mass is 9.52. The lowest BCUT2D eigenvalue weighted by Gasteiger charge is -2.53. The molecule has 1 heterocycles. The standard InChI is InChI=1S/C25H40O7S/c1-17-10-11-20-21(9-6-13-24(20,2)3)25(17,4)14-12-18(16-31-33(28,29)30)7-5-8-19-15-22(26)32-23(19)27/h9,15,17-18,20,23,27H,5-8,10-14,16H2,1-4H3,(H,28,29,30)/p-1/t17-,18?,20-,23?,25-/m0/s1. The molecule has 188 valence electrons. The molecule has 0 aromatic carbocycles. The van der Waals surface area contributed by atoms with Crippen molar-refractivity contribution in [2.45, 2.75) is 91.8 Å². The van der Waals surface area contributed by atoms with Gasteiger partial charge in [0.15, 0.2) is 0 Å². The second-order valence-electron chi connectivity index (χ2n) is 11.1. The van der Waals surface area contributed by atoms with Crippen molar-refractivity contribution >= 4 is 16.4 Å². The van der Waals surface area contributed by atoms with Gasteiger partial charge < -0.3 is 14.4 Å². The van der Waals surface area contributed by atoms with Gasteiger partial charge >= 0.3 is 5.97 Å². The van der Waals surface area contributed by atoms with Gasteiger partial charge in [-0.25, -0.2) is 13.2 Å². The molecule has 3 aliphatic rings. The lowest BCUT2D eigenvalue weighted by Crippen LogP contribution is -2.43. The predicted octanol–water partition coefficient (Wildman–Crippen LogP) is 4.63. The molecule has 0 aromatic heterocycles. The molecule has 0 bridgehead atoms. The van der Waals surface area contributed by atoms with Crippen LogP contribution in [0.25, 0.3) is 0 Å². The first-order chi connectivity index (χ1) is 15.3. The van der Waals surface area contributed by atoms with E-state index in [0.717, 1.165) is 19.3 Å². The zero-order chi connectivity index (χ0) is 24.4. The molecular weight excluding hydrogens is 444 g/mol. The van der Waals surface area contributed by atoms with Crippen LogP contribution < -0.4 is 0 Å². The second-order valence-corrected chi connectivity index (χ2v) is 12.2. The van der Waals surface area contributed by atoms with E-state index in [9.17, 15) is 22.9 Å². The van der Waals surface area contributed by atoms with Gasteiger partial charge in [-0.15, -0.1) is 0 Å². The maximum atomic E-state index is 11.3. The smallest absolute Gasteiger partial charge is 0.333 e. The molecule has 33 heavy (non-hydrogen) atoms. The fraction of sp³-hybridized carbons (Fsp3) is 0.800. The number of hydrogen-bond donors (Lipinski definition) is 1. The van der Waals surface area contributed by atoms with E-state index in [0.29, 0.717) is 42.1 Å². The zero-order valence-corrected chi connectivity index (χ0v) is 21.2. The topological polar surface area (TPSA) is 113 Å². The number of rotatable bonds is 10. The van der Waals surface area contributed by atoms with Crippen LogP contribution in [0.3, 0.4) is 0 Å². The normalized spacial score (nSPS) is 32.5. The quantitative estimate of drug-likeness (QED) is 0.209. The van der Waals surface area contributed by atoms with E-state index in [4.69, 9.17) is 4.74 Å². The number of aliphatic hydroxyl groups excluding tert-OH is 1. The van der Waals surface area contributed by atoms with Gasteiger partial charge in [0.05, 0.1) is 6.61 Å².